The lowest BCUT2D eigenvalue weighted by Gasteiger charge is -2.17. The molecule has 0 aliphatic rings. The summed E-state index contributed by atoms with van der Waals surface area (Å²) in [7, 11) is -2.60. The van der Waals surface area contributed by atoms with Gasteiger partial charge in [-0.15, -0.1) is 10.2 Å². The van der Waals surface area contributed by atoms with Crippen molar-refractivity contribution in [2.45, 2.75) is 66.3 Å². The molecule has 0 aliphatic carbocycles. The Morgan fingerprint density at radius 3 is 2.00 bits per heavy atom. The Morgan fingerprint density at radius 1 is 0.898 bits per heavy atom. The van der Waals surface area contributed by atoms with Crippen molar-refractivity contribution < 1.29 is 36.7 Å². The molecule has 2 aromatic carbocycles. The summed E-state index contributed by atoms with van der Waals surface area (Å²) < 4.78 is 37.2. The van der Waals surface area contributed by atoms with Crippen molar-refractivity contribution in [3.8, 4) is 11.5 Å². The first-order valence-corrected chi connectivity index (χ1v) is 17.1. The van der Waals surface area contributed by atoms with Gasteiger partial charge in [0.05, 0.1) is 24.6 Å². The minimum absolute atomic E-state index is 0.00189. The van der Waals surface area contributed by atoms with Crippen LogP contribution in [0.1, 0.15) is 64.7 Å². The number of aryl methyl sites for hydroxylation is 1. The Balaban J connectivity index is 0.000000781. The maximum Gasteiger partial charge on any atom is 0.286 e. The van der Waals surface area contributed by atoms with E-state index >= 15 is 0 Å². The van der Waals surface area contributed by atoms with Gasteiger partial charge in [0.25, 0.3) is 5.89 Å². The number of ketones is 1. The van der Waals surface area contributed by atoms with Gasteiger partial charge in [-0.1, -0.05) is 77.4 Å². The maximum atomic E-state index is 12.5. The Hall–Kier alpha value is -4.47. The van der Waals surface area contributed by atoms with Gasteiger partial charge in [0.15, 0.2) is 0 Å². The molecule has 0 radical (unpaired) electrons. The summed E-state index contributed by atoms with van der Waals surface area (Å²) in [5.41, 5.74) is 1.72. The molecule has 1 heterocycles. The Morgan fingerprint density at radius 2 is 1.49 bits per heavy atom. The van der Waals surface area contributed by atoms with Gasteiger partial charge in [0.1, 0.15) is 6.04 Å². The molecule has 1 unspecified atom stereocenters. The van der Waals surface area contributed by atoms with Crippen LogP contribution in [0, 0.1) is 18.3 Å². The van der Waals surface area contributed by atoms with Gasteiger partial charge in [-0.25, -0.2) is 13.1 Å². The number of carbonyl (C=O) groups is 4. The molecule has 3 aromatic rings. The number of benzene rings is 2. The lowest BCUT2D eigenvalue weighted by molar-refractivity contribution is -0.129. The van der Waals surface area contributed by atoms with Crippen LogP contribution in [-0.4, -0.2) is 81.5 Å². The van der Waals surface area contributed by atoms with E-state index in [9.17, 15) is 27.6 Å². The fraction of sp³-hybridized carbons (Fsp3) is 0.471. The highest BCUT2D eigenvalue weighted by atomic mass is 32.2. The number of nitrogens with zero attached hydrogens (tertiary/aromatic N) is 2. The van der Waals surface area contributed by atoms with Gasteiger partial charge < -0.3 is 25.1 Å². The maximum absolute atomic E-state index is 12.5. The summed E-state index contributed by atoms with van der Waals surface area (Å²) >= 11 is 0. The number of carbonyl (C=O) groups excluding carboxylic acids is 4. The first kappa shape index (κ1) is 42.6. The van der Waals surface area contributed by atoms with E-state index in [1.807, 2.05) is 13.0 Å². The summed E-state index contributed by atoms with van der Waals surface area (Å²) in [6.45, 7) is 15.6. The standard InChI is InChI=1S/C23H25N5O7S.C7H15NO.C4H10/c1-15-8-10-17(11-9-15)36(32,33)25-13-20(30)26-18(14-34-2)21(31)24-12-19(29)23-28-27-22(35-23)16-6-4-3-5-7-16;1-6(9)8-5-7(2,3)4;1-4(2)3/h3-11,18,25H,12-14H2,1-2H3,(H,24,31)(H,26,30);5H2,1-4H3,(H,8,9);4H,1-3H3. The van der Waals surface area contributed by atoms with Crippen LogP contribution in [0.5, 0.6) is 0 Å². The second kappa shape index (κ2) is 20.8. The van der Waals surface area contributed by atoms with Crippen molar-refractivity contribution in [1.82, 2.24) is 30.9 Å². The minimum Gasteiger partial charge on any atom is -0.414 e. The van der Waals surface area contributed by atoms with Gasteiger partial charge in [-0.3, -0.25) is 19.2 Å². The topological polar surface area (TPSA) is 199 Å². The summed E-state index contributed by atoms with van der Waals surface area (Å²) in [5.74, 6) is -1.37. The number of Topliss-reactive ketones (excluding diaryl/α,β-unsaturated/α-hetero) is 1. The third-order valence-electron chi connectivity index (χ3n) is 5.71. The number of nitrogens with one attached hydrogen (secondary N) is 4. The van der Waals surface area contributed by atoms with Crippen molar-refractivity contribution in [1.29, 1.82) is 0 Å². The fourth-order valence-electron chi connectivity index (χ4n) is 3.35. The third-order valence-corrected chi connectivity index (χ3v) is 7.13. The molecule has 4 N–H and O–H groups in total. The van der Waals surface area contributed by atoms with E-state index in [0.717, 1.165) is 18.0 Å². The number of aromatic nitrogens is 2. The first-order valence-electron chi connectivity index (χ1n) is 15.6. The summed E-state index contributed by atoms with van der Waals surface area (Å²) in [6.07, 6.45) is 0. The van der Waals surface area contributed by atoms with Crippen LogP contribution >= 0.6 is 0 Å². The zero-order chi connectivity index (χ0) is 37.2. The van der Waals surface area contributed by atoms with Crippen LogP contribution < -0.4 is 20.7 Å². The molecule has 0 bridgehead atoms. The van der Waals surface area contributed by atoms with Gasteiger partial charge >= 0.3 is 0 Å². The van der Waals surface area contributed by atoms with Crippen LogP contribution in [0.4, 0.5) is 0 Å². The smallest absolute Gasteiger partial charge is 0.286 e. The summed E-state index contributed by atoms with van der Waals surface area (Å²) in [4.78, 5) is 47.6. The van der Waals surface area contributed by atoms with E-state index in [4.69, 9.17) is 9.15 Å². The van der Waals surface area contributed by atoms with Gasteiger partial charge in [0.2, 0.25) is 39.4 Å². The van der Waals surface area contributed by atoms with Crippen molar-refractivity contribution in [3.63, 3.8) is 0 Å². The van der Waals surface area contributed by atoms with Crippen LogP contribution in [0.2, 0.25) is 0 Å². The van der Waals surface area contributed by atoms with Gasteiger partial charge in [-0.05, 0) is 42.5 Å². The Kier molecular flexibility index (Phi) is 18.1. The van der Waals surface area contributed by atoms with Crippen LogP contribution in [-0.2, 0) is 29.1 Å². The fourth-order valence-corrected chi connectivity index (χ4v) is 4.33. The highest BCUT2D eigenvalue weighted by molar-refractivity contribution is 7.89. The number of rotatable bonds is 13. The second-order valence-corrected chi connectivity index (χ2v) is 14.6. The molecule has 49 heavy (non-hydrogen) atoms. The number of sulfonamides is 1. The van der Waals surface area contributed by atoms with Crippen molar-refractivity contribution in [2.75, 3.05) is 33.4 Å². The highest BCUT2D eigenvalue weighted by Crippen LogP contribution is 2.17. The Bertz CT molecular complexity index is 1580. The molecule has 3 rings (SSSR count). The summed E-state index contributed by atoms with van der Waals surface area (Å²) in [6, 6.07) is 13.8. The third kappa shape index (κ3) is 18.0. The molecule has 0 saturated heterocycles. The lowest BCUT2D eigenvalue weighted by Crippen LogP contribution is -2.52. The van der Waals surface area contributed by atoms with E-state index in [1.165, 1.54) is 26.2 Å². The average Bonchev–Trinajstić information content (AvgIpc) is 3.53. The molecular weight excluding hydrogens is 652 g/mol. The summed E-state index contributed by atoms with van der Waals surface area (Å²) in [5, 5.41) is 15.0. The molecule has 270 valence electrons. The molecule has 0 fully saturated rings. The van der Waals surface area contributed by atoms with E-state index in [1.54, 1.807) is 36.4 Å². The molecule has 15 heteroatoms. The van der Waals surface area contributed by atoms with Crippen molar-refractivity contribution >= 4 is 33.5 Å². The van der Waals surface area contributed by atoms with E-state index in [0.29, 0.717) is 5.56 Å². The number of hydrogen-bond donors (Lipinski definition) is 4. The predicted octanol–water partition coefficient (Wildman–Crippen LogP) is 3.28. The van der Waals surface area contributed by atoms with Crippen LogP contribution in [0.3, 0.4) is 0 Å². The SMILES string of the molecule is CC(=O)NCC(C)(C)C.CC(C)C.COCC(NC(=O)CNS(=O)(=O)c1ccc(C)cc1)C(=O)NCC(=O)c1nnc(-c2ccccc2)o1. The van der Waals surface area contributed by atoms with Gasteiger partial charge in [-0.2, -0.15) is 0 Å². The molecular formula is C34H50N6O8S. The van der Waals surface area contributed by atoms with Crippen molar-refractivity contribution in [2.24, 2.45) is 11.3 Å². The number of hydrogen-bond acceptors (Lipinski definition) is 10. The zero-order valence-corrected chi connectivity index (χ0v) is 30.6. The van der Waals surface area contributed by atoms with Gasteiger partial charge in [0, 0.05) is 26.1 Å². The van der Waals surface area contributed by atoms with E-state index < -0.39 is 46.8 Å². The van der Waals surface area contributed by atoms with Crippen LogP contribution in [0.25, 0.3) is 11.5 Å². The molecule has 14 nitrogen and oxygen atoms in total. The highest BCUT2D eigenvalue weighted by Gasteiger charge is 2.24. The number of ether oxygens (including phenoxy) is 1. The van der Waals surface area contributed by atoms with Crippen molar-refractivity contribution in [3.05, 3.63) is 66.1 Å². The van der Waals surface area contributed by atoms with E-state index in [2.05, 4.69) is 72.4 Å². The quantitative estimate of drug-likeness (QED) is 0.192. The largest absolute Gasteiger partial charge is 0.414 e. The lowest BCUT2D eigenvalue weighted by atomic mass is 9.97. The Labute approximate surface area is 289 Å². The second-order valence-electron chi connectivity index (χ2n) is 12.8. The molecule has 1 aromatic heterocycles. The number of amides is 3. The molecule has 1 atom stereocenters. The monoisotopic (exact) mass is 702 g/mol. The number of methoxy groups -OCH3 is 1. The normalized spacial score (nSPS) is 11.6. The minimum atomic E-state index is -3.92. The van der Waals surface area contributed by atoms with Crippen LogP contribution in [0.15, 0.2) is 63.9 Å². The molecule has 0 saturated carbocycles. The zero-order valence-electron chi connectivity index (χ0n) is 29.7. The molecule has 0 spiro atoms. The predicted molar refractivity (Wildman–Crippen MR) is 186 cm³/mol. The van der Waals surface area contributed by atoms with E-state index in [-0.39, 0.29) is 34.6 Å². The molecule has 0 aliphatic heterocycles. The first-order chi connectivity index (χ1) is 22.8. The average molecular weight is 703 g/mol. The molecule has 3 amide bonds.